The van der Waals surface area contributed by atoms with Crippen LogP contribution in [-0.4, -0.2) is 48.2 Å². The molecule has 3 heterocycles. The molecule has 130 valence electrons. The van der Waals surface area contributed by atoms with Crippen molar-refractivity contribution >= 4 is 5.91 Å². The molecular formula is C19H20N2O4. The van der Waals surface area contributed by atoms with Crippen LogP contribution in [-0.2, 0) is 0 Å². The van der Waals surface area contributed by atoms with Crippen molar-refractivity contribution in [3.63, 3.8) is 0 Å². The normalized spacial score (nSPS) is 18.9. The minimum atomic E-state index is -0.0503. The molecule has 0 saturated carbocycles. The number of ether oxygens (including phenoxy) is 3. The Balaban J connectivity index is 1.46. The Morgan fingerprint density at radius 2 is 2.04 bits per heavy atom. The number of fused-ring (bicyclic) bond motifs is 1. The lowest BCUT2D eigenvalue weighted by molar-refractivity contribution is 0.0760. The van der Waals surface area contributed by atoms with Crippen molar-refractivity contribution in [3.8, 4) is 17.4 Å². The third kappa shape index (κ3) is 3.24. The number of hydrogen-bond acceptors (Lipinski definition) is 5. The van der Waals surface area contributed by atoms with Gasteiger partial charge in [0.1, 0.15) is 19.3 Å². The minimum Gasteiger partial charge on any atom is -0.486 e. The Hall–Kier alpha value is -2.76. The molecule has 6 nitrogen and oxygen atoms in total. The van der Waals surface area contributed by atoms with Crippen molar-refractivity contribution in [1.29, 1.82) is 0 Å². The van der Waals surface area contributed by atoms with E-state index >= 15 is 0 Å². The van der Waals surface area contributed by atoms with Gasteiger partial charge in [0.25, 0.3) is 5.91 Å². The van der Waals surface area contributed by atoms with Gasteiger partial charge in [0.2, 0.25) is 5.88 Å². The van der Waals surface area contributed by atoms with Gasteiger partial charge in [-0.25, -0.2) is 4.98 Å². The Morgan fingerprint density at radius 1 is 1.20 bits per heavy atom. The fourth-order valence-electron chi connectivity index (χ4n) is 3.18. The zero-order valence-corrected chi connectivity index (χ0v) is 14.1. The lowest BCUT2D eigenvalue weighted by Gasteiger charge is -2.23. The minimum absolute atomic E-state index is 0.0463. The highest BCUT2D eigenvalue weighted by Crippen LogP contribution is 2.34. The van der Waals surface area contributed by atoms with Crippen LogP contribution in [0.1, 0.15) is 22.5 Å². The summed E-state index contributed by atoms with van der Waals surface area (Å²) in [5.41, 5.74) is 1.46. The number of amides is 1. The molecule has 1 saturated heterocycles. The van der Waals surface area contributed by atoms with Crippen LogP contribution in [0.15, 0.2) is 36.4 Å². The summed E-state index contributed by atoms with van der Waals surface area (Å²) < 4.78 is 17.1. The molecule has 1 amide bonds. The first-order valence-electron chi connectivity index (χ1n) is 8.49. The van der Waals surface area contributed by atoms with Crippen molar-refractivity contribution in [2.75, 3.05) is 26.3 Å². The molecule has 0 bridgehead atoms. The second-order valence-electron chi connectivity index (χ2n) is 6.23. The van der Waals surface area contributed by atoms with E-state index in [4.69, 9.17) is 14.2 Å². The van der Waals surface area contributed by atoms with E-state index in [9.17, 15) is 4.79 Å². The van der Waals surface area contributed by atoms with Crippen LogP contribution in [0, 0.1) is 6.92 Å². The summed E-state index contributed by atoms with van der Waals surface area (Å²) in [5, 5.41) is 0. The van der Waals surface area contributed by atoms with Gasteiger partial charge in [-0.3, -0.25) is 4.79 Å². The molecular weight excluding hydrogens is 320 g/mol. The van der Waals surface area contributed by atoms with Crippen LogP contribution in [0.25, 0.3) is 0 Å². The van der Waals surface area contributed by atoms with Gasteiger partial charge in [-0.15, -0.1) is 0 Å². The predicted molar refractivity (Wildman–Crippen MR) is 91.3 cm³/mol. The van der Waals surface area contributed by atoms with Crippen molar-refractivity contribution < 1.29 is 19.0 Å². The van der Waals surface area contributed by atoms with E-state index in [1.807, 2.05) is 37.3 Å². The van der Waals surface area contributed by atoms with Crippen molar-refractivity contribution in [2.45, 2.75) is 19.4 Å². The SMILES string of the molecule is Cc1cccc(OC2CCN(C(=O)c3cccc4c3OCCO4)C2)n1. The topological polar surface area (TPSA) is 60.9 Å². The van der Waals surface area contributed by atoms with E-state index < -0.39 is 0 Å². The Morgan fingerprint density at radius 3 is 2.92 bits per heavy atom. The number of pyridine rings is 1. The van der Waals surface area contributed by atoms with Gasteiger partial charge < -0.3 is 19.1 Å². The zero-order valence-electron chi connectivity index (χ0n) is 14.1. The van der Waals surface area contributed by atoms with Crippen molar-refractivity contribution in [2.24, 2.45) is 0 Å². The first kappa shape index (κ1) is 15.7. The van der Waals surface area contributed by atoms with Crippen LogP contribution in [0.3, 0.4) is 0 Å². The maximum atomic E-state index is 12.9. The van der Waals surface area contributed by atoms with Gasteiger partial charge in [0.15, 0.2) is 11.5 Å². The largest absolute Gasteiger partial charge is 0.486 e. The molecule has 0 radical (unpaired) electrons. The standard InChI is InChI=1S/C19H20N2O4/c1-13-4-2-7-17(20-13)25-14-8-9-21(12-14)19(22)15-5-3-6-16-18(15)24-11-10-23-16/h2-7,14H,8-12H2,1H3. The van der Waals surface area contributed by atoms with Crippen LogP contribution in [0.2, 0.25) is 0 Å². The summed E-state index contributed by atoms with van der Waals surface area (Å²) in [6.07, 6.45) is 0.739. The lowest BCUT2D eigenvalue weighted by Crippen LogP contribution is -2.32. The molecule has 25 heavy (non-hydrogen) atoms. The molecule has 6 heteroatoms. The van der Waals surface area contributed by atoms with Crippen LogP contribution in [0.4, 0.5) is 0 Å². The van der Waals surface area contributed by atoms with Gasteiger partial charge in [-0.05, 0) is 25.1 Å². The number of nitrogens with zero attached hydrogens (tertiary/aromatic N) is 2. The number of rotatable bonds is 3. The zero-order chi connectivity index (χ0) is 17.2. The van der Waals surface area contributed by atoms with E-state index in [1.165, 1.54) is 0 Å². The molecule has 1 aromatic heterocycles. The molecule has 1 aromatic carbocycles. The number of carbonyl (C=O) groups is 1. The number of para-hydroxylation sites is 1. The lowest BCUT2D eigenvalue weighted by atomic mass is 10.1. The number of likely N-dealkylation sites (tertiary alicyclic amines) is 1. The van der Waals surface area contributed by atoms with Crippen molar-refractivity contribution in [1.82, 2.24) is 9.88 Å². The molecule has 2 aliphatic heterocycles. The molecule has 4 rings (SSSR count). The summed E-state index contributed by atoms with van der Waals surface area (Å²) in [6, 6.07) is 11.1. The summed E-state index contributed by atoms with van der Waals surface area (Å²) in [7, 11) is 0. The highest BCUT2D eigenvalue weighted by molar-refractivity contribution is 5.98. The first-order valence-corrected chi connectivity index (χ1v) is 8.49. The van der Waals surface area contributed by atoms with Crippen LogP contribution >= 0.6 is 0 Å². The monoisotopic (exact) mass is 340 g/mol. The number of aromatic nitrogens is 1. The third-order valence-electron chi connectivity index (χ3n) is 4.38. The van der Waals surface area contributed by atoms with Gasteiger partial charge in [-0.2, -0.15) is 0 Å². The molecule has 2 aromatic rings. The van der Waals surface area contributed by atoms with Crippen LogP contribution < -0.4 is 14.2 Å². The summed E-state index contributed by atoms with van der Waals surface area (Å²) >= 11 is 0. The fourth-order valence-corrected chi connectivity index (χ4v) is 3.18. The van der Waals surface area contributed by atoms with Crippen molar-refractivity contribution in [3.05, 3.63) is 47.7 Å². The molecule has 1 unspecified atom stereocenters. The molecule has 0 N–H and O–H groups in total. The highest BCUT2D eigenvalue weighted by atomic mass is 16.6. The van der Waals surface area contributed by atoms with Gasteiger partial charge in [-0.1, -0.05) is 12.1 Å². The second-order valence-corrected chi connectivity index (χ2v) is 6.23. The molecule has 0 spiro atoms. The summed E-state index contributed by atoms with van der Waals surface area (Å²) in [5.74, 6) is 1.73. The Bertz CT molecular complexity index is 793. The number of benzene rings is 1. The first-order chi connectivity index (χ1) is 12.2. The summed E-state index contributed by atoms with van der Waals surface area (Å²) in [6.45, 7) is 4.09. The average molecular weight is 340 g/mol. The molecule has 0 aliphatic carbocycles. The van der Waals surface area contributed by atoms with Gasteiger partial charge in [0, 0.05) is 24.7 Å². The Labute approximate surface area is 146 Å². The maximum absolute atomic E-state index is 12.9. The third-order valence-corrected chi connectivity index (χ3v) is 4.38. The number of aryl methyl sites for hydroxylation is 1. The smallest absolute Gasteiger partial charge is 0.257 e. The van der Waals surface area contributed by atoms with E-state index in [2.05, 4.69) is 4.98 Å². The van der Waals surface area contributed by atoms with E-state index in [0.717, 1.165) is 12.1 Å². The van der Waals surface area contributed by atoms with E-state index in [0.29, 0.717) is 49.2 Å². The average Bonchev–Trinajstić information content (AvgIpc) is 3.09. The predicted octanol–water partition coefficient (Wildman–Crippen LogP) is 2.45. The number of carbonyl (C=O) groups excluding carboxylic acids is 1. The Kier molecular flexibility index (Phi) is 4.17. The van der Waals surface area contributed by atoms with Crippen LogP contribution in [0.5, 0.6) is 17.4 Å². The number of hydrogen-bond donors (Lipinski definition) is 0. The molecule has 1 fully saturated rings. The summed E-state index contributed by atoms with van der Waals surface area (Å²) in [4.78, 5) is 19.1. The fraction of sp³-hybridized carbons (Fsp3) is 0.368. The van der Waals surface area contributed by atoms with Gasteiger partial charge >= 0.3 is 0 Å². The molecule has 1 atom stereocenters. The van der Waals surface area contributed by atoms with E-state index in [-0.39, 0.29) is 12.0 Å². The van der Waals surface area contributed by atoms with Gasteiger partial charge in [0.05, 0.1) is 12.1 Å². The molecule has 2 aliphatic rings. The highest BCUT2D eigenvalue weighted by Gasteiger charge is 2.31. The maximum Gasteiger partial charge on any atom is 0.257 e. The van der Waals surface area contributed by atoms with E-state index in [1.54, 1.807) is 11.0 Å². The quantitative estimate of drug-likeness (QED) is 0.859. The second kappa shape index (κ2) is 6.63.